The molecule has 21 heavy (non-hydrogen) atoms. The molecule has 1 fully saturated rings. The molecule has 1 aliphatic rings. The zero-order valence-electron chi connectivity index (χ0n) is 12.7. The van der Waals surface area contributed by atoms with Crippen LogP contribution in [-0.2, 0) is 0 Å². The third-order valence-electron chi connectivity index (χ3n) is 3.86. The number of alkyl halides is 2. The van der Waals surface area contributed by atoms with Crippen molar-refractivity contribution < 1.29 is 8.78 Å². The molecule has 1 heterocycles. The van der Waals surface area contributed by atoms with E-state index >= 15 is 0 Å². The van der Waals surface area contributed by atoms with E-state index in [1.54, 1.807) is 12.1 Å². The lowest BCUT2D eigenvalue weighted by Crippen LogP contribution is -2.48. The third-order valence-corrected chi connectivity index (χ3v) is 3.86. The summed E-state index contributed by atoms with van der Waals surface area (Å²) in [6.45, 7) is 5.39. The second-order valence-electron chi connectivity index (χ2n) is 5.75. The Morgan fingerprint density at radius 1 is 1.19 bits per heavy atom. The van der Waals surface area contributed by atoms with Crippen molar-refractivity contribution >= 4 is 11.4 Å². The smallest absolute Gasteiger partial charge is 0.265 e. The van der Waals surface area contributed by atoms with Crippen LogP contribution in [0.1, 0.15) is 12.0 Å². The minimum absolute atomic E-state index is 0.0386. The number of anilines is 2. The van der Waals surface area contributed by atoms with Gasteiger partial charge in [0.05, 0.1) is 0 Å². The number of likely N-dealkylation sites (N-methyl/N-ethyl adjacent to an activating group) is 1. The average Bonchev–Trinajstić information content (AvgIpc) is 2.45. The monoisotopic (exact) mass is 298 g/mol. The number of benzene rings is 1. The summed E-state index contributed by atoms with van der Waals surface area (Å²) in [6.07, 6.45) is -2.49. The van der Waals surface area contributed by atoms with Crippen LogP contribution in [0, 0.1) is 0 Å². The Morgan fingerprint density at radius 2 is 1.86 bits per heavy atom. The maximum atomic E-state index is 13.2. The summed E-state index contributed by atoms with van der Waals surface area (Å²) in [5.41, 5.74) is 6.66. The number of nitrogens with two attached hydrogens (primary N) is 1. The maximum Gasteiger partial charge on any atom is 0.265 e. The Morgan fingerprint density at radius 3 is 2.43 bits per heavy atom. The summed E-state index contributed by atoms with van der Waals surface area (Å²) in [4.78, 5) is 6.56. The molecule has 0 bridgehead atoms. The molecule has 0 radical (unpaired) electrons. The minimum atomic E-state index is -2.49. The Hall–Kier alpha value is -1.40. The van der Waals surface area contributed by atoms with E-state index in [1.807, 2.05) is 4.90 Å². The average molecular weight is 298 g/mol. The Kier molecular flexibility index (Phi) is 5.36. The summed E-state index contributed by atoms with van der Waals surface area (Å²) in [5, 5.41) is 0. The fraction of sp³-hybridized carbons (Fsp3) is 0.600. The first kappa shape index (κ1) is 16.0. The molecule has 2 rings (SSSR count). The Labute approximate surface area is 125 Å². The van der Waals surface area contributed by atoms with Gasteiger partial charge in [-0.1, -0.05) is 0 Å². The molecule has 118 valence electrons. The van der Waals surface area contributed by atoms with E-state index in [0.717, 1.165) is 39.3 Å². The van der Waals surface area contributed by atoms with Crippen LogP contribution < -0.4 is 10.6 Å². The van der Waals surface area contributed by atoms with Crippen molar-refractivity contribution in [2.75, 3.05) is 64.0 Å². The highest BCUT2D eigenvalue weighted by molar-refractivity contribution is 5.60. The lowest BCUT2D eigenvalue weighted by molar-refractivity contribution is 0.151. The van der Waals surface area contributed by atoms with Gasteiger partial charge in [-0.3, -0.25) is 4.90 Å². The largest absolute Gasteiger partial charge is 0.399 e. The molecule has 1 aliphatic heterocycles. The van der Waals surface area contributed by atoms with Gasteiger partial charge in [0, 0.05) is 56.2 Å². The number of hydrogen-bond acceptors (Lipinski definition) is 4. The molecule has 1 aromatic carbocycles. The van der Waals surface area contributed by atoms with Crippen molar-refractivity contribution in [2.45, 2.75) is 6.43 Å². The Bertz CT molecular complexity index is 457. The second-order valence-corrected chi connectivity index (χ2v) is 5.75. The van der Waals surface area contributed by atoms with Crippen LogP contribution in [0.15, 0.2) is 18.2 Å². The van der Waals surface area contributed by atoms with E-state index < -0.39 is 6.43 Å². The number of piperazine rings is 1. The molecular formula is C15H24F2N4. The fourth-order valence-electron chi connectivity index (χ4n) is 2.59. The van der Waals surface area contributed by atoms with Crippen molar-refractivity contribution in [3.63, 3.8) is 0 Å². The van der Waals surface area contributed by atoms with Crippen LogP contribution in [0.4, 0.5) is 20.2 Å². The first-order valence-corrected chi connectivity index (χ1v) is 7.27. The van der Waals surface area contributed by atoms with Crippen LogP contribution >= 0.6 is 0 Å². The van der Waals surface area contributed by atoms with Crippen LogP contribution in [0.2, 0.25) is 0 Å². The van der Waals surface area contributed by atoms with Gasteiger partial charge in [-0.2, -0.15) is 0 Å². The van der Waals surface area contributed by atoms with Crippen LogP contribution in [0.25, 0.3) is 0 Å². The van der Waals surface area contributed by atoms with Gasteiger partial charge in [0.15, 0.2) is 0 Å². The summed E-state index contributed by atoms with van der Waals surface area (Å²) >= 11 is 0. The molecule has 0 atom stereocenters. The minimum Gasteiger partial charge on any atom is -0.399 e. The molecule has 0 saturated carbocycles. The van der Waals surface area contributed by atoms with Gasteiger partial charge < -0.3 is 15.5 Å². The predicted octanol–water partition coefficient (Wildman–Crippen LogP) is 1.89. The molecule has 0 aromatic heterocycles. The highest BCUT2D eigenvalue weighted by atomic mass is 19.3. The van der Waals surface area contributed by atoms with E-state index in [2.05, 4.69) is 23.9 Å². The van der Waals surface area contributed by atoms with Crippen LogP contribution in [0.3, 0.4) is 0 Å². The van der Waals surface area contributed by atoms with E-state index in [0.29, 0.717) is 11.4 Å². The number of rotatable bonds is 5. The first-order valence-electron chi connectivity index (χ1n) is 7.27. The lowest BCUT2D eigenvalue weighted by atomic mass is 10.1. The highest BCUT2D eigenvalue weighted by Crippen LogP contribution is 2.32. The van der Waals surface area contributed by atoms with Crippen molar-refractivity contribution in [1.82, 2.24) is 9.80 Å². The van der Waals surface area contributed by atoms with Crippen molar-refractivity contribution in [2.24, 2.45) is 0 Å². The van der Waals surface area contributed by atoms with Crippen LogP contribution in [-0.4, -0.2) is 63.2 Å². The molecule has 1 saturated heterocycles. The standard InChI is InChI=1S/C15H24F2N4/c1-19(2)5-6-20-7-9-21(10-8-20)14-4-3-12(18)11-13(14)15(16)17/h3-4,11,15H,5-10,18H2,1-2H3. The highest BCUT2D eigenvalue weighted by Gasteiger charge is 2.22. The SMILES string of the molecule is CN(C)CCN1CCN(c2ccc(N)cc2C(F)F)CC1. The van der Waals surface area contributed by atoms with Gasteiger partial charge in [0.1, 0.15) is 0 Å². The normalized spacial score (nSPS) is 17.0. The molecule has 0 unspecified atom stereocenters. The zero-order valence-corrected chi connectivity index (χ0v) is 12.7. The van der Waals surface area contributed by atoms with Gasteiger partial charge in [0.2, 0.25) is 0 Å². The third kappa shape index (κ3) is 4.28. The summed E-state index contributed by atoms with van der Waals surface area (Å²) in [6, 6.07) is 4.80. The maximum absolute atomic E-state index is 13.2. The van der Waals surface area contributed by atoms with Gasteiger partial charge in [0.25, 0.3) is 6.43 Å². The summed E-state index contributed by atoms with van der Waals surface area (Å²) in [5.74, 6) is 0. The van der Waals surface area contributed by atoms with Crippen molar-refractivity contribution in [3.05, 3.63) is 23.8 Å². The van der Waals surface area contributed by atoms with E-state index in [9.17, 15) is 8.78 Å². The summed E-state index contributed by atoms with van der Waals surface area (Å²) < 4.78 is 26.3. The van der Waals surface area contributed by atoms with Crippen molar-refractivity contribution in [3.8, 4) is 0 Å². The Balaban J connectivity index is 1.99. The molecule has 0 aliphatic carbocycles. The van der Waals surface area contributed by atoms with Crippen LogP contribution in [0.5, 0.6) is 0 Å². The van der Waals surface area contributed by atoms with Gasteiger partial charge in [-0.15, -0.1) is 0 Å². The predicted molar refractivity (Wildman–Crippen MR) is 83.0 cm³/mol. The molecular weight excluding hydrogens is 274 g/mol. The second kappa shape index (κ2) is 7.04. The number of nitrogens with zero attached hydrogens (tertiary/aromatic N) is 3. The number of hydrogen-bond donors (Lipinski definition) is 1. The number of nitrogen functional groups attached to an aromatic ring is 1. The molecule has 6 heteroatoms. The van der Waals surface area contributed by atoms with E-state index in [-0.39, 0.29) is 5.56 Å². The topological polar surface area (TPSA) is 35.7 Å². The van der Waals surface area contributed by atoms with Crippen molar-refractivity contribution in [1.29, 1.82) is 0 Å². The molecule has 2 N–H and O–H groups in total. The molecule has 0 spiro atoms. The summed E-state index contributed by atoms with van der Waals surface area (Å²) in [7, 11) is 4.11. The van der Waals surface area contributed by atoms with E-state index in [4.69, 9.17) is 5.73 Å². The number of halogens is 2. The molecule has 0 amide bonds. The van der Waals surface area contributed by atoms with Gasteiger partial charge in [-0.25, -0.2) is 8.78 Å². The van der Waals surface area contributed by atoms with Gasteiger partial charge in [-0.05, 0) is 32.3 Å². The van der Waals surface area contributed by atoms with Gasteiger partial charge >= 0.3 is 0 Å². The lowest BCUT2D eigenvalue weighted by Gasteiger charge is -2.37. The zero-order chi connectivity index (χ0) is 15.4. The van der Waals surface area contributed by atoms with E-state index in [1.165, 1.54) is 6.07 Å². The quantitative estimate of drug-likeness (QED) is 0.842. The first-order chi connectivity index (χ1) is 9.97. The fourth-order valence-corrected chi connectivity index (χ4v) is 2.59. The molecule has 4 nitrogen and oxygen atoms in total. The molecule has 1 aromatic rings.